The Bertz CT molecular complexity index is 1940. The molecule has 0 bridgehead atoms. The number of benzene rings is 4. The van der Waals surface area contributed by atoms with Crippen molar-refractivity contribution in [2.24, 2.45) is 5.73 Å². The molecule has 4 aromatic carbocycles. The summed E-state index contributed by atoms with van der Waals surface area (Å²) in [7, 11) is 0. The van der Waals surface area contributed by atoms with Gasteiger partial charge in [0, 0.05) is 53.1 Å². The van der Waals surface area contributed by atoms with Crippen LogP contribution in [0.1, 0.15) is 82.0 Å². The van der Waals surface area contributed by atoms with Crippen molar-refractivity contribution in [3.8, 4) is 0 Å². The summed E-state index contributed by atoms with van der Waals surface area (Å²) in [4.78, 5) is 28.2. The maximum absolute atomic E-state index is 11.7. The second-order valence-corrected chi connectivity index (χ2v) is 13.6. The van der Waals surface area contributed by atoms with Crippen molar-refractivity contribution in [2.45, 2.75) is 56.3 Å². The van der Waals surface area contributed by atoms with Gasteiger partial charge in [0.05, 0.1) is 11.0 Å². The number of carboxylic acid groups (broad SMARTS) is 1. The number of imidazole rings is 1. The van der Waals surface area contributed by atoms with Crippen molar-refractivity contribution >= 4 is 46.1 Å². The molecule has 7 nitrogen and oxygen atoms in total. The first kappa shape index (κ1) is 35.4. The van der Waals surface area contributed by atoms with Crippen LogP contribution in [-0.4, -0.2) is 50.7 Å². The second-order valence-electron chi connectivity index (χ2n) is 12.8. The van der Waals surface area contributed by atoms with Gasteiger partial charge in [-0.3, -0.25) is 9.69 Å². The van der Waals surface area contributed by atoms with Gasteiger partial charge in [-0.15, -0.1) is 0 Å². The van der Waals surface area contributed by atoms with E-state index in [1.807, 2.05) is 36.4 Å². The summed E-state index contributed by atoms with van der Waals surface area (Å²) in [6.45, 7) is 2.81. The Hall–Kier alpha value is -4.38. The SMILES string of the molecule is NC(=O)c1cccc(CN2CCC(n3c(C4CC4)nc4ccc(C(c5ccc(Cl)cc5)c5ccc(Cl)cc5)cc43)CC2)c1.O=C(O)C(F)(F)F. The van der Waals surface area contributed by atoms with Crippen LogP contribution in [0.3, 0.4) is 0 Å². The summed E-state index contributed by atoms with van der Waals surface area (Å²) in [5.74, 6) is -1.30. The molecule has 7 rings (SSSR count). The van der Waals surface area contributed by atoms with Crippen LogP contribution in [0.15, 0.2) is 91.0 Å². The highest BCUT2D eigenvalue weighted by Gasteiger charge is 2.38. The summed E-state index contributed by atoms with van der Waals surface area (Å²) in [5.41, 5.74) is 13.1. The van der Waals surface area contributed by atoms with Crippen LogP contribution in [-0.2, 0) is 11.3 Å². The number of rotatable bonds is 8. The number of aromatic nitrogens is 2. The molecule has 5 aromatic rings. The van der Waals surface area contributed by atoms with Gasteiger partial charge in [0.25, 0.3) is 0 Å². The molecule has 1 amide bonds. The average Bonchev–Trinajstić information content (AvgIpc) is 3.87. The van der Waals surface area contributed by atoms with Crippen molar-refractivity contribution in [3.05, 3.63) is 135 Å². The number of carbonyl (C=O) groups excluding carboxylic acids is 1. The molecule has 0 spiro atoms. The van der Waals surface area contributed by atoms with Gasteiger partial charge in [0.1, 0.15) is 5.82 Å². The predicted molar refractivity (Wildman–Crippen MR) is 188 cm³/mol. The molecular formula is C38H35Cl2F3N4O3. The van der Waals surface area contributed by atoms with E-state index in [0.717, 1.165) is 53.6 Å². The van der Waals surface area contributed by atoms with Gasteiger partial charge in [0.2, 0.25) is 5.91 Å². The van der Waals surface area contributed by atoms with E-state index in [1.165, 1.54) is 40.9 Å². The highest BCUT2D eigenvalue weighted by Crippen LogP contribution is 2.44. The number of hydrogen-bond donors (Lipinski definition) is 2. The Morgan fingerprint density at radius 1 is 0.840 bits per heavy atom. The van der Waals surface area contributed by atoms with E-state index >= 15 is 0 Å². The van der Waals surface area contributed by atoms with E-state index in [2.05, 4.69) is 58.0 Å². The zero-order valence-corrected chi connectivity index (χ0v) is 28.4. The molecule has 2 fully saturated rings. The van der Waals surface area contributed by atoms with Crippen molar-refractivity contribution in [1.29, 1.82) is 0 Å². The van der Waals surface area contributed by atoms with Crippen LogP contribution in [0.4, 0.5) is 13.2 Å². The largest absolute Gasteiger partial charge is 0.490 e. The minimum atomic E-state index is -5.08. The van der Waals surface area contributed by atoms with Crippen LogP contribution < -0.4 is 5.73 Å². The van der Waals surface area contributed by atoms with E-state index in [0.29, 0.717) is 17.5 Å². The van der Waals surface area contributed by atoms with Gasteiger partial charge in [-0.05, 0) is 96.5 Å². The molecule has 12 heteroatoms. The number of alkyl halides is 3. The Balaban J connectivity index is 0.000000561. The number of aliphatic carboxylic acids is 1. The number of carboxylic acids is 1. The number of fused-ring (bicyclic) bond motifs is 1. The summed E-state index contributed by atoms with van der Waals surface area (Å²) in [5, 5.41) is 8.58. The molecule has 2 heterocycles. The maximum Gasteiger partial charge on any atom is 0.490 e. The van der Waals surface area contributed by atoms with Crippen molar-refractivity contribution in [3.63, 3.8) is 0 Å². The number of piperidine rings is 1. The lowest BCUT2D eigenvalue weighted by atomic mass is 9.85. The zero-order chi connectivity index (χ0) is 35.6. The van der Waals surface area contributed by atoms with Crippen LogP contribution in [0, 0.1) is 0 Å². The van der Waals surface area contributed by atoms with Crippen molar-refractivity contribution in [2.75, 3.05) is 13.1 Å². The topological polar surface area (TPSA) is 101 Å². The molecule has 50 heavy (non-hydrogen) atoms. The number of likely N-dealkylation sites (tertiary alicyclic amines) is 1. The molecule has 1 aliphatic carbocycles. The molecule has 1 saturated carbocycles. The van der Waals surface area contributed by atoms with E-state index in [-0.39, 0.29) is 11.8 Å². The Morgan fingerprint density at radius 2 is 1.40 bits per heavy atom. The standard InChI is InChI=1S/C36H34Cl2N4O.C2HF3O2/c37-29-11-6-24(7-12-29)34(25-8-13-30(38)14-9-25)27-10-15-32-33(21-27)42(36(40-32)26-4-5-26)31-16-18-41(19-17-31)22-23-2-1-3-28(20-23)35(39)43;3-2(4,5)1(6)7/h1-3,6-15,20-21,26,31,34H,4-5,16-19,22H2,(H2,39,43);(H,6,7). The molecule has 0 unspecified atom stereocenters. The first-order valence-electron chi connectivity index (χ1n) is 16.3. The van der Waals surface area contributed by atoms with Crippen LogP contribution >= 0.6 is 23.2 Å². The van der Waals surface area contributed by atoms with Crippen LogP contribution in [0.2, 0.25) is 10.0 Å². The summed E-state index contributed by atoms with van der Waals surface area (Å²) in [6.07, 6.45) is -0.543. The smallest absolute Gasteiger partial charge is 0.475 e. The van der Waals surface area contributed by atoms with E-state index in [9.17, 15) is 18.0 Å². The first-order valence-corrected chi connectivity index (χ1v) is 17.1. The van der Waals surface area contributed by atoms with E-state index < -0.39 is 12.1 Å². The van der Waals surface area contributed by atoms with Gasteiger partial charge >= 0.3 is 12.1 Å². The van der Waals surface area contributed by atoms with Gasteiger partial charge in [-0.1, -0.05) is 65.7 Å². The highest BCUT2D eigenvalue weighted by atomic mass is 35.5. The lowest BCUT2D eigenvalue weighted by molar-refractivity contribution is -0.192. The summed E-state index contributed by atoms with van der Waals surface area (Å²) >= 11 is 12.6. The summed E-state index contributed by atoms with van der Waals surface area (Å²) in [6, 6.07) is 31.2. The number of carbonyl (C=O) groups is 2. The fourth-order valence-corrected chi connectivity index (χ4v) is 6.88. The fraction of sp³-hybridized carbons (Fsp3) is 0.289. The quantitative estimate of drug-likeness (QED) is 0.156. The third-order valence-corrected chi connectivity index (χ3v) is 9.71. The number of nitrogens with two attached hydrogens (primary N) is 1. The molecule has 2 aliphatic rings. The first-order chi connectivity index (χ1) is 23.9. The number of amides is 1. The molecule has 1 saturated heterocycles. The molecule has 0 atom stereocenters. The number of nitrogens with zero attached hydrogens (tertiary/aromatic N) is 3. The maximum atomic E-state index is 11.7. The van der Waals surface area contributed by atoms with Crippen molar-refractivity contribution in [1.82, 2.24) is 14.5 Å². The van der Waals surface area contributed by atoms with Gasteiger partial charge in [0.15, 0.2) is 0 Å². The molecule has 3 N–H and O–H groups in total. The normalized spacial score (nSPS) is 15.6. The average molecular weight is 724 g/mol. The number of halogens is 5. The predicted octanol–water partition coefficient (Wildman–Crippen LogP) is 8.97. The monoisotopic (exact) mass is 722 g/mol. The minimum absolute atomic E-state index is 0.0460. The third kappa shape index (κ3) is 8.31. The van der Waals surface area contributed by atoms with Crippen LogP contribution in [0.25, 0.3) is 11.0 Å². The second kappa shape index (κ2) is 14.8. The number of hydrogen-bond acceptors (Lipinski definition) is 4. The molecule has 0 radical (unpaired) electrons. The lowest BCUT2D eigenvalue weighted by Gasteiger charge is -2.34. The molecular weight excluding hydrogens is 688 g/mol. The van der Waals surface area contributed by atoms with Gasteiger partial charge < -0.3 is 15.4 Å². The molecule has 1 aliphatic heterocycles. The fourth-order valence-electron chi connectivity index (χ4n) is 6.63. The Morgan fingerprint density at radius 3 is 1.92 bits per heavy atom. The van der Waals surface area contributed by atoms with Crippen molar-refractivity contribution < 1.29 is 27.9 Å². The Kier molecular flexibility index (Phi) is 10.5. The summed E-state index contributed by atoms with van der Waals surface area (Å²) < 4.78 is 34.3. The minimum Gasteiger partial charge on any atom is -0.475 e. The molecule has 260 valence electrons. The van der Waals surface area contributed by atoms with E-state index in [1.54, 1.807) is 6.07 Å². The third-order valence-electron chi connectivity index (χ3n) is 9.21. The lowest BCUT2D eigenvalue weighted by Crippen LogP contribution is -2.34. The Labute approximate surface area is 297 Å². The highest BCUT2D eigenvalue weighted by molar-refractivity contribution is 6.30. The van der Waals surface area contributed by atoms with E-state index in [4.69, 9.17) is 43.8 Å². The van der Waals surface area contributed by atoms with Crippen LogP contribution in [0.5, 0.6) is 0 Å². The van der Waals surface area contributed by atoms with Gasteiger partial charge in [-0.2, -0.15) is 13.2 Å². The zero-order valence-electron chi connectivity index (χ0n) is 26.9. The molecule has 1 aromatic heterocycles. The number of primary amides is 1. The van der Waals surface area contributed by atoms with Gasteiger partial charge in [-0.25, -0.2) is 9.78 Å².